The highest BCUT2D eigenvalue weighted by Gasteiger charge is 2.43. The number of hydrogen-bond donors (Lipinski definition) is 2. The average Bonchev–Trinajstić information content (AvgIpc) is 2.88. The molecule has 1 amide bonds. The Kier molecular flexibility index (Phi) is 2.52. The van der Waals surface area contributed by atoms with E-state index in [0.717, 1.165) is 19.3 Å². The summed E-state index contributed by atoms with van der Waals surface area (Å²) >= 11 is 0. The van der Waals surface area contributed by atoms with Crippen LogP contribution in [0.25, 0.3) is 0 Å². The smallest absolute Gasteiger partial charge is 0.237 e. The SMILES string of the molecule is CC1CCCC(NC2CC2)(C(N)=O)C1. The summed E-state index contributed by atoms with van der Waals surface area (Å²) in [6.45, 7) is 2.21. The minimum absolute atomic E-state index is 0.143. The molecule has 0 bridgehead atoms. The van der Waals surface area contributed by atoms with Crippen LogP contribution < -0.4 is 11.1 Å². The number of carbonyl (C=O) groups is 1. The van der Waals surface area contributed by atoms with E-state index in [1.54, 1.807) is 0 Å². The number of hydrogen-bond acceptors (Lipinski definition) is 2. The largest absolute Gasteiger partial charge is 0.368 e. The van der Waals surface area contributed by atoms with E-state index in [0.29, 0.717) is 12.0 Å². The van der Waals surface area contributed by atoms with Gasteiger partial charge in [0, 0.05) is 6.04 Å². The van der Waals surface area contributed by atoms with Crippen molar-refractivity contribution in [3.8, 4) is 0 Å². The second kappa shape index (κ2) is 3.54. The predicted molar refractivity (Wildman–Crippen MR) is 55.7 cm³/mol. The first kappa shape index (κ1) is 9.97. The minimum atomic E-state index is -0.376. The number of amides is 1. The first-order chi connectivity index (χ1) is 6.62. The van der Waals surface area contributed by atoms with E-state index in [2.05, 4.69) is 12.2 Å². The zero-order valence-electron chi connectivity index (χ0n) is 8.88. The molecule has 14 heavy (non-hydrogen) atoms. The van der Waals surface area contributed by atoms with Gasteiger partial charge in [-0.25, -0.2) is 0 Å². The van der Waals surface area contributed by atoms with Gasteiger partial charge in [0.05, 0.1) is 5.54 Å². The Labute approximate surface area is 85.4 Å². The molecule has 2 unspecified atom stereocenters. The van der Waals surface area contributed by atoms with E-state index in [1.807, 2.05) is 0 Å². The molecular weight excluding hydrogens is 176 g/mol. The maximum absolute atomic E-state index is 11.5. The quantitative estimate of drug-likeness (QED) is 0.712. The highest BCUT2D eigenvalue weighted by Crippen LogP contribution is 2.35. The lowest BCUT2D eigenvalue weighted by molar-refractivity contribution is -0.126. The fourth-order valence-corrected chi connectivity index (χ4v) is 2.60. The Morgan fingerprint density at radius 1 is 1.43 bits per heavy atom. The molecule has 2 aliphatic rings. The molecule has 3 nitrogen and oxygen atoms in total. The molecule has 0 aromatic rings. The maximum Gasteiger partial charge on any atom is 0.237 e. The third-order valence-electron chi connectivity index (χ3n) is 3.53. The van der Waals surface area contributed by atoms with Gasteiger partial charge >= 0.3 is 0 Å². The number of rotatable bonds is 3. The normalized spacial score (nSPS) is 38.2. The molecule has 0 heterocycles. The van der Waals surface area contributed by atoms with Crippen LogP contribution in [0.4, 0.5) is 0 Å². The standard InChI is InChI=1S/C11H20N2O/c1-8-3-2-6-11(7-8,10(12)14)13-9-4-5-9/h8-9,13H,2-7H2,1H3,(H2,12,14). The van der Waals surface area contributed by atoms with Gasteiger partial charge in [0.2, 0.25) is 5.91 Å². The molecule has 2 aliphatic carbocycles. The van der Waals surface area contributed by atoms with Gasteiger partial charge < -0.3 is 11.1 Å². The Morgan fingerprint density at radius 3 is 2.64 bits per heavy atom. The molecule has 0 aromatic carbocycles. The van der Waals surface area contributed by atoms with Gasteiger partial charge in [-0.3, -0.25) is 4.79 Å². The van der Waals surface area contributed by atoms with Gasteiger partial charge in [0.15, 0.2) is 0 Å². The minimum Gasteiger partial charge on any atom is -0.368 e. The van der Waals surface area contributed by atoms with Crippen LogP contribution in [-0.4, -0.2) is 17.5 Å². The van der Waals surface area contributed by atoms with Crippen molar-refractivity contribution in [1.82, 2.24) is 5.32 Å². The monoisotopic (exact) mass is 196 g/mol. The van der Waals surface area contributed by atoms with Crippen molar-refractivity contribution in [2.45, 2.75) is 57.0 Å². The number of primary amides is 1. The summed E-state index contributed by atoms with van der Waals surface area (Å²) in [4.78, 5) is 11.5. The second-order valence-corrected chi connectivity index (χ2v) is 5.07. The van der Waals surface area contributed by atoms with Crippen molar-refractivity contribution in [3.05, 3.63) is 0 Å². The van der Waals surface area contributed by atoms with Crippen LogP contribution in [0.3, 0.4) is 0 Å². The van der Waals surface area contributed by atoms with Crippen LogP contribution in [0.15, 0.2) is 0 Å². The third kappa shape index (κ3) is 1.92. The van der Waals surface area contributed by atoms with Crippen LogP contribution in [0.5, 0.6) is 0 Å². The molecule has 80 valence electrons. The van der Waals surface area contributed by atoms with E-state index in [1.165, 1.54) is 19.3 Å². The van der Waals surface area contributed by atoms with Crippen LogP contribution in [0, 0.1) is 5.92 Å². The first-order valence-electron chi connectivity index (χ1n) is 5.70. The summed E-state index contributed by atoms with van der Waals surface area (Å²) in [7, 11) is 0. The molecule has 2 atom stereocenters. The molecule has 2 fully saturated rings. The summed E-state index contributed by atoms with van der Waals surface area (Å²) in [6.07, 6.45) is 6.65. The molecule has 2 saturated carbocycles. The molecule has 3 N–H and O–H groups in total. The maximum atomic E-state index is 11.5. The molecule has 0 radical (unpaired) electrons. The van der Waals surface area contributed by atoms with Crippen LogP contribution in [0.2, 0.25) is 0 Å². The van der Waals surface area contributed by atoms with Crippen molar-refractivity contribution >= 4 is 5.91 Å². The Bertz CT molecular complexity index is 233. The first-order valence-corrected chi connectivity index (χ1v) is 5.70. The van der Waals surface area contributed by atoms with Crippen LogP contribution >= 0.6 is 0 Å². The van der Waals surface area contributed by atoms with Crippen LogP contribution in [-0.2, 0) is 4.79 Å². The fourth-order valence-electron chi connectivity index (χ4n) is 2.60. The lowest BCUT2D eigenvalue weighted by Gasteiger charge is -2.38. The average molecular weight is 196 g/mol. The molecule has 3 heteroatoms. The van der Waals surface area contributed by atoms with Gasteiger partial charge in [-0.05, 0) is 31.6 Å². The lowest BCUT2D eigenvalue weighted by atomic mass is 9.76. The number of nitrogens with one attached hydrogen (secondary N) is 1. The van der Waals surface area contributed by atoms with Crippen LogP contribution in [0.1, 0.15) is 45.4 Å². The molecule has 0 aromatic heterocycles. The van der Waals surface area contributed by atoms with E-state index < -0.39 is 0 Å². The van der Waals surface area contributed by atoms with E-state index in [-0.39, 0.29) is 11.4 Å². The molecule has 0 saturated heterocycles. The summed E-state index contributed by atoms with van der Waals surface area (Å²) in [5.74, 6) is 0.485. The summed E-state index contributed by atoms with van der Waals surface area (Å²) in [6, 6.07) is 0.563. The number of carbonyl (C=O) groups excluding carboxylic acids is 1. The molecule has 0 spiro atoms. The zero-order chi connectivity index (χ0) is 10.2. The van der Waals surface area contributed by atoms with Crippen molar-refractivity contribution < 1.29 is 4.79 Å². The predicted octanol–water partition coefficient (Wildman–Crippen LogP) is 1.17. The van der Waals surface area contributed by atoms with Gasteiger partial charge in [-0.2, -0.15) is 0 Å². The zero-order valence-corrected chi connectivity index (χ0v) is 8.88. The highest BCUT2D eigenvalue weighted by molar-refractivity contribution is 5.84. The summed E-state index contributed by atoms with van der Waals surface area (Å²) < 4.78 is 0. The van der Waals surface area contributed by atoms with E-state index in [4.69, 9.17) is 5.73 Å². The van der Waals surface area contributed by atoms with E-state index in [9.17, 15) is 4.79 Å². The molecule has 0 aliphatic heterocycles. The Morgan fingerprint density at radius 2 is 2.14 bits per heavy atom. The van der Waals surface area contributed by atoms with Gasteiger partial charge in [-0.1, -0.05) is 19.8 Å². The lowest BCUT2D eigenvalue weighted by Crippen LogP contribution is -2.58. The van der Waals surface area contributed by atoms with Crippen molar-refractivity contribution in [2.24, 2.45) is 11.7 Å². The van der Waals surface area contributed by atoms with Gasteiger partial charge in [-0.15, -0.1) is 0 Å². The second-order valence-electron chi connectivity index (χ2n) is 5.07. The Balaban J connectivity index is 2.06. The fraction of sp³-hybridized carbons (Fsp3) is 0.909. The highest BCUT2D eigenvalue weighted by atomic mass is 16.1. The van der Waals surface area contributed by atoms with Gasteiger partial charge in [0.25, 0.3) is 0 Å². The summed E-state index contributed by atoms with van der Waals surface area (Å²) in [5, 5.41) is 3.46. The van der Waals surface area contributed by atoms with E-state index >= 15 is 0 Å². The van der Waals surface area contributed by atoms with Gasteiger partial charge in [0.1, 0.15) is 0 Å². The van der Waals surface area contributed by atoms with Crippen molar-refractivity contribution in [1.29, 1.82) is 0 Å². The molecular formula is C11H20N2O. The third-order valence-corrected chi connectivity index (χ3v) is 3.53. The number of nitrogens with two attached hydrogens (primary N) is 1. The summed E-state index contributed by atoms with van der Waals surface area (Å²) in [5.41, 5.74) is 5.16. The van der Waals surface area contributed by atoms with Crippen molar-refractivity contribution in [2.75, 3.05) is 0 Å². The topological polar surface area (TPSA) is 55.1 Å². The molecule has 2 rings (SSSR count). The van der Waals surface area contributed by atoms with Crippen molar-refractivity contribution in [3.63, 3.8) is 0 Å². The Hall–Kier alpha value is -0.570.